The second kappa shape index (κ2) is 6.21. The van der Waals surface area contributed by atoms with Gasteiger partial charge in [-0.25, -0.2) is 9.97 Å². The highest BCUT2D eigenvalue weighted by Gasteiger charge is 2.07. The van der Waals surface area contributed by atoms with E-state index < -0.39 is 0 Å². The number of aromatic nitrogens is 2. The Hall–Kier alpha value is -0.960. The standard InChI is InChI=1S/C15H11I2N3/c16-11-6-12-14(13(17)7-11)19-9-20-15(12)18-8-10-4-2-1-3-5-10/h1-7,9H,8H2,(H,18,19,20). The van der Waals surface area contributed by atoms with E-state index >= 15 is 0 Å². The molecule has 0 unspecified atom stereocenters. The summed E-state index contributed by atoms with van der Waals surface area (Å²) in [5, 5.41) is 4.47. The Labute approximate surface area is 144 Å². The van der Waals surface area contributed by atoms with Crippen molar-refractivity contribution in [1.82, 2.24) is 9.97 Å². The van der Waals surface area contributed by atoms with Crippen LogP contribution in [-0.2, 0) is 6.54 Å². The van der Waals surface area contributed by atoms with Gasteiger partial charge in [0.2, 0.25) is 0 Å². The van der Waals surface area contributed by atoms with Gasteiger partial charge >= 0.3 is 0 Å². The first-order chi connectivity index (χ1) is 9.74. The highest BCUT2D eigenvalue weighted by Crippen LogP contribution is 2.26. The molecule has 0 saturated carbocycles. The molecule has 0 bridgehead atoms. The second-order valence-electron chi connectivity index (χ2n) is 4.35. The van der Waals surface area contributed by atoms with Crippen LogP contribution in [0, 0.1) is 7.14 Å². The Bertz CT molecular complexity index is 745. The topological polar surface area (TPSA) is 37.8 Å². The van der Waals surface area contributed by atoms with Gasteiger partial charge in [0.05, 0.1) is 5.52 Å². The normalized spacial score (nSPS) is 10.7. The number of hydrogen-bond acceptors (Lipinski definition) is 3. The molecule has 0 aliphatic carbocycles. The van der Waals surface area contributed by atoms with Gasteiger partial charge in [-0.3, -0.25) is 0 Å². The van der Waals surface area contributed by atoms with Crippen LogP contribution in [0.2, 0.25) is 0 Å². The van der Waals surface area contributed by atoms with Gasteiger partial charge in [0, 0.05) is 19.1 Å². The van der Waals surface area contributed by atoms with Crippen molar-refractivity contribution < 1.29 is 0 Å². The van der Waals surface area contributed by atoms with Crippen LogP contribution in [0.1, 0.15) is 5.56 Å². The Morgan fingerprint density at radius 1 is 1.00 bits per heavy atom. The zero-order valence-corrected chi connectivity index (χ0v) is 14.8. The third-order valence-corrected chi connectivity index (χ3v) is 4.40. The van der Waals surface area contributed by atoms with E-state index in [0.29, 0.717) is 0 Å². The molecule has 1 aromatic heterocycles. The van der Waals surface area contributed by atoms with Crippen LogP contribution in [0.25, 0.3) is 10.9 Å². The fourth-order valence-corrected chi connectivity index (χ4v) is 4.00. The van der Waals surface area contributed by atoms with Crippen molar-refractivity contribution in [2.45, 2.75) is 6.54 Å². The Morgan fingerprint density at radius 3 is 2.60 bits per heavy atom. The lowest BCUT2D eigenvalue weighted by Gasteiger charge is -2.09. The Kier molecular flexibility index (Phi) is 4.35. The van der Waals surface area contributed by atoms with Crippen LogP contribution in [0.4, 0.5) is 5.82 Å². The van der Waals surface area contributed by atoms with Crippen LogP contribution in [0.5, 0.6) is 0 Å². The highest BCUT2D eigenvalue weighted by atomic mass is 127. The number of fused-ring (bicyclic) bond motifs is 1. The zero-order valence-electron chi connectivity index (χ0n) is 10.5. The average molecular weight is 487 g/mol. The Balaban J connectivity index is 1.95. The summed E-state index contributed by atoms with van der Waals surface area (Å²) < 4.78 is 2.34. The van der Waals surface area contributed by atoms with Crippen molar-refractivity contribution in [1.29, 1.82) is 0 Å². The number of rotatable bonds is 3. The van der Waals surface area contributed by atoms with E-state index in [1.54, 1.807) is 6.33 Å². The summed E-state index contributed by atoms with van der Waals surface area (Å²) in [6.07, 6.45) is 1.62. The van der Waals surface area contributed by atoms with Gasteiger partial charge in [-0.05, 0) is 62.9 Å². The molecule has 5 heteroatoms. The van der Waals surface area contributed by atoms with Crippen LogP contribution < -0.4 is 5.32 Å². The zero-order chi connectivity index (χ0) is 13.9. The molecular weight excluding hydrogens is 476 g/mol. The number of benzene rings is 2. The third kappa shape index (κ3) is 3.03. The fourth-order valence-electron chi connectivity index (χ4n) is 2.01. The smallest absolute Gasteiger partial charge is 0.137 e. The molecule has 0 aliphatic rings. The molecule has 3 aromatic rings. The number of nitrogens with one attached hydrogen (secondary N) is 1. The maximum Gasteiger partial charge on any atom is 0.137 e. The predicted molar refractivity (Wildman–Crippen MR) is 98.7 cm³/mol. The summed E-state index contributed by atoms with van der Waals surface area (Å²) in [5.74, 6) is 0.885. The SMILES string of the molecule is Ic1cc(I)c2ncnc(NCc3ccccc3)c2c1. The molecule has 0 spiro atoms. The van der Waals surface area contributed by atoms with Gasteiger partial charge in [0.15, 0.2) is 0 Å². The summed E-state index contributed by atoms with van der Waals surface area (Å²) in [6.45, 7) is 0.759. The van der Waals surface area contributed by atoms with E-state index in [1.807, 2.05) is 18.2 Å². The maximum atomic E-state index is 4.38. The first-order valence-electron chi connectivity index (χ1n) is 6.11. The maximum absolute atomic E-state index is 4.38. The molecule has 0 fully saturated rings. The third-order valence-electron chi connectivity index (χ3n) is 2.96. The number of hydrogen-bond donors (Lipinski definition) is 1. The molecule has 100 valence electrons. The molecule has 1 heterocycles. The van der Waals surface area contributed by atoms with Gasteiger partial charge in [-0.1, -0.05) is 30.3 Å². The van der Waals surface area contributed by atoms with E-state index in [4.69, 9.17) is 0 Å². The molecule has 0 aliphatic heterocycles. The number of nitrogens with zero attached hydrogens (tertiary/aromatic N) is 2. The summed E-state index contributed by atoms with van der Waals surface area (Å²) in [6, 6.07) is 14.5. The minimum absolute atomic E-state index is 0.759. The molecule has 20 heavy (non-hydrogen) atoms. The summed E-state index contributed by atoms with van der Waals surface area (Å²) >= 11 is 4.64. The van der Waals surface area contributed by atoms with E-state index in [9.17, 15) is 0 Å². The first-order valence-corrected chi connectivity index (χ1v) is 8.27. The van der Waals surface area contributed by atoms with Crippen molar-refractivity contribution in [2.75, 3.05) is 5.32 Å². The lowest BCUT2D eigenvalue weighted by Crippen LogP contribution is -2.03. The molecule has 2 aromatic carbocycles. The van der Waals surface area contributed by atoms with Crippen LogP contribution in [0.15, 0.2) is 48.8 Å². The van der Waals surface area contributed by atoms with E-state index in [-0.39, 0.29) is 0 Å². The number of halogens is 2. The van der Waals surface area contributed by atoms with Gasteiger partial charge < -0.3 is 5.32 Å². The van der Waals surface area contributed by atoms with Crippen LogP contribution in [-0.4, -0.2) is 9.97 Å². The fraction of sp³-hybridized carbons (Fsp3) is 0.0667. The summed E-state index contributed by atoms with van der Waals surface area (Å²) in [7, 11) is 0. The van der Waals surface area contributed by atoms with Crippen LogP contribution >= 0.6 is 45.2 Å². The van der Waals surface area contributed by atoms with Gasteiger partial charge in [-0.2, -0.15) is 0 Å². The first kappa shape index (κ1) is 14.0. The molecule has 0 atom stereocenters. The van der Waals surface area contributed by atoms with E-state index in [2.05, 4.69) is 84.7 Å². The predicted octanol–water partition coefficient (Wildman–Crippen LogP) is 4.45. The van der Waals surface area contributed by atoms with Gasteiger partial charge in [0.1, 0.15) is 12.1 Å². The number of anilines is 1. The van der Waals surface area contributed by atoms with Crippen molar-refractivity contribution in [2.24, 2.45) is 0 Å². The molecule has 3 nitrogen and oxygen atoms in total. The molecule has 0 amide bonds. The largest absolute Gasteiger partial charge is 0.365 e. The van der Waals surface area contributed by atoms with Crippen molar-refractivity contribution in [3.05, 3.63) is 61.5 Å². The lowest BCUT2D eigenvalue weighted by molar-refractivity contribution is 1.10. The van der Waals surface area contributed by atoms with Crippen LogP contribution in [0.3, 0.4) is 0 Å². The van der Waals surface area contributed by atoms with E-state index in [0.717, 1.165) is 26.8 Å². The van der Waals surface area contributed by atoms with Crippen molar-refractivity contribution in [3.8, 4) is 0 Å². The summed E-state index contributed by atoms with van der Waals surface area (Å²) in [5.41, 5.74) is 2.23. The van der Waals surface area contributed by atoms with Gasteiger partial charge in [-0.15, -0.1) is 0 Å². The monoisotopic (exact) mass is 487 g/mol. The molecule has 0 radical (unpaired) electrons. The quantitative estimate of drug-likeness (QED) is 0.556. The average Bonchev–Trinajstić information content (AvgIpc) is 2.46. The molecule has 3 rings (SSSR count). The Morgan fingerprint density at radius 2 is 1.80 bits per heavy atom. The minimum Gasteiger partial charge on any atom is -0.365 e. The highest BCUT2D eigenvalue weighted by molar-refractivity contribution is 14.1. The van der Waals surface area contributed by atoms with Crippen molar-refractivity contribution in [3.63, 3.8) is 0 Å². The minimum atomic E-state index is 0.759. The van der Waals surface area contributed by atoms with E-state index in [1.165, 1.54) is 9.13 Å². The molecular formula is C15H11I2N3. The van der Waals surface area contributed by atoms with Crippen molar-refractivity contribution >= 4 is 61.9 Å². The molecule has 0 saturated heterocycles. The summed E-state index contributed by atoms with van der Waals surface area (Å²) in [4.78, 5) is 8.75. The lowest BCUT2D eigenvalue weighted by atomic mass is 10.2. The van der Waals surface area contributed by atoms with Gasteiger partial charge in [0.25, 0.3) is 0 Å². The second-order valence-corrected chi connectivity index (χ2v) is 6.75. The molecule has 1 N–H and O–H groups in total.